The smallest absolute Gasteiger partial charge is 0.191 e. The number of aliphatic imine (C=N–C) groups is 1. The van der Waals surface area contributed by atoms with Gasteiger partial charge < -0.3 is 20.4 Å². The molecule has 0 bridgehead atoms. The summed E-state index contributed by atoms with van der Waals surface area (Å²) in [7, 11) is 5.79. The first-order valence-electron chi connectivity index (χ1n) is 8.71. The first-order valence-corrected chi connectivity index (χ1v) is 9.59. The maximum atomic E-state index is 4.57. The third-order valence-electron chi connectivity index (χ3n) is 4.16. The van der Waals surface area contributed by atoms with Gasteiger partial charge in [-0.15, -0.1) is 11.3 Å². The molecular formula is C19H26N6S. The van der Waals surface area contributed by atoms with Crippen LogP contribution in [-0.2, 0) is 13.1 Å². The maximum Gasteiger partial charge on any atom is 0.191 e. The molecule has 3 rings (SSSR count). The largest absolute Gasteiger partial charge is 0.364 e. The van der Waals surface area contributed by atoms with Crippen LogP contribution < -0.4 is 20.4 Å². The maximum absolute atomic E-state index is 4.57. The minimum atomic E-state index is 0.658. The molecule has 1 aromatic carbocycles. The summed E-state index contributed by atoms with van der Waals surface area (Å²) in [5.41, 5.74) is 3.51. The quantitative estimate of drug-likeness (QED) is 0.465. The van der Waals surface area contributed by atoms with E-state index in [0.29, 0.717) is 6.54 Å². The molecule has 2 aromatic rings. The van der Waals surface area contributed by atoms with Crippen LogP contribution >= 0.6 is 11.3 Å². The summed E-state index contributed by atoms with van der Waals surface area (Å²) in [5, 5.41) is 9.75. The van der Waals surface area contributed by atoms with Gasteiger partial charge in [-0.25, -0.2) is 4.98 Å². The van der Waals surface area contributed by atoms with Crippen molar-refractivity contribution in [2.24, 2.45) is 4.99 Å². The van der Waals surface area contributed by atoms with Crippen molar-refractivity contribution >= 4 is 28.1 Å². The molecule has 0 saturated carbocycles. The molecule has 1 aromatic heterocycles. The Morgan fingerprint density at radius 2 is 1.85 bits per heavy atom. The molecule has 7 heteroatoms. The monoisotopic (exact) mass is 370 g/mol. The summed E-state index contributed by atoms with van der Waals surface area (Å²) < 4.78 is 0. The highest BCUT2D eigenvalue weighted by atomic mass is 32.1. The zero-order valence-electron chi connectivity index (χ0n) is 15.6. The van der Waals surface area contributed by atoms with Crippen LogP contribution in [0.3, 0.4) is 0 Å². The number of aromatic nitrogens is 1. The zero-order chi connectivity index (χ0) is 18.4. The molecule has 138 valence electrons. The van der Waals surface area contributed by atoms with E-state index in [4.69, 9.17) is 0 Å². The van der Waals surface area contributed by atoms with Crippen molar-refractivity contribution in [3.63, 3.8) is 0 Å². The van der Waals surface area contributed by atoms with Crippen LogP contribution in [-0.4, -0.2) is 45.2 Å². The zero-order valence-corrected chi connectivity index (χ0v) is 16.4. The van der Waals surface area contributed by atoms with Crippen LogP contribution in [0.1, 0.15) is 11.3 Å². The van der Waals surface area contributed by atoms with Gasteiger partial charge in [-0.1, -0.05) is 24.3 Å². The summed E-state index contributed by atoms with van der Waals surface area (Å²) in [6, 6.07) is 8.69. The Labute approximate surface area is 159 Å². The van der Waals surface area contributed by atoms with Crippen molar-refractivity contribution in [2.45, 2.75) is 13.1 Å². The van der Waals surface area contributed by atoms with Gasteiger partial charge in [0, 0.05) is 51.8 Å². The fourth-order valence-electron chi connectivity index (χ4n) is 2.68. The Kier molecular flexibility index (Phi) is 6.12. The van der Waals surface area contributed by atoms with Gasteiger partial charge >= 0.3 is 0 Å². The van der Waals surface area contributed by atoms with Crippen molar-refractivity contribution in [2.75, 3.05) is 44.0 Å². The molecule has 0 atom stereocenters. The Hall–Kier alpha value is -2.54. The van der Waals surface area contributed by atoms with E-state index in [-0.39, 0.29) is 0 Å². The molecule has 2 N–H and O–H groups in total. The average Bonchev–Trinajstić information content (AvgIpc) is 3.34. The van der Waals surface area contributed by atoms with Gasteiger partial charge in [-0.3, -0.25) is 4.99 Å². The standard InChI is InChI=1S/C19H26N6S/c1-20-18(22-13-16-14-26-19(23-16)24(2)3)21-12-15-6-8-17(9-7-15)25-10-4-5-11-25/h4-9,14H,10-13H2,1-3H3,(H2,20,21,22). The molecule has 0 aliphatic carbocycles. The minimum Gasteiger partial charge on any atom is -0.364 e. The molecule has 2 heterocycles. The number of guanidine groups is 1. The SMILES string of the molecule is CN=C(NCc1ccc(N2CC=CC2)cc1)NCc1csc(N(C)C)n1. The highest BCUT2D eigenvalue weighted by Gasteiger charge is 2.08. The van der Waals surface area contributed by atoms with Gasteiger partial charge in [0.25, 0.3) is 0 Å². The second-order valence-electron chi connectivity index (χ2n) is 6.34. The number of anilines is 2. The average molecular weight is 371 g/mol. The fourth-order valence-corrected chi connectivity index (χ4v) is 3.44. The van der Waals surface area contributed by atoms with Crippen LogP contribution in [0.2, 0.25) is 0 Å². The highest BCUT2D eigenvalue weighted by Crippen LogP contribution is 2.18. The third kappa shape index (κ3) is 4.76. The summed E-state index contributed by atoms with van der Waals surface area (Å²) in [5.74, 6) is 0.775. The van der Waals surface area contributed by atoms with Crippen molar-refractivity contribution in [3.8, 4) is 0 Å². The topological polar surface area (TPSA) is 55.8 Å². The first kappa shape index (κ1) is 18.3. The van der Waals surface area contributed by atoms with Gasteiger partial charge in [0.05, 0.1) is 12.2 Å². The van der Waals surface area contributed by atoms with Crippen LogP contribution in [0.25, 0.3) is 0 Å². The lowest BCUT2D eigenvalue weighted by atomic mass is 10.2. The second-order valence-corrected chi connectivity index (χ2v) is 7.17. The number of rotatable bonds is 6. The lowest BCUT2D eigenvalue weighted by Crippen LogP contribution is -2.36. The van der Waals surface area contributed by atoms with E-state index >= 15 is 0 Å². The Morgan fingerprint density at radius 3 is 2.46 bits per heavy atom. The van der Waals surface area contributed by atoms with Crippen LogP contribution in [0.5, 0.6) is 0 Å². The van der Waals surface area contributed by atoms with Crippen molar-refractivity contribution < 1.29 is 0 Å². The number of benzene rings is 1. The summed E-state index contributed by atoms with van der Waals surface area (Å²) in [6.07, 6.45) is 4.41. The molecule has 0 saturated heterocycles. The fraction of sp³-hybridized carbons (Fsp3) is 0.368. The van der Waals surface area contributed by atoms with E-state index in [2.05, 4.69) is 67.3 Å². The normalized spacial score (nSPS) is 14.0. The van der Waals surface area contributed by atoms with E-state index in [1.807, 2.05) is 19.0 Å². The molecule has 0 radical (unpaired) electrons. The Morgan fingerprint density at radius 1 is 1.15 bits per heavy atom. The molecule has 0 amide bonds. The molecule has 0 fully saturated rings. The number of hydrogen-bond donors (Lipinski definition) is 2. The lowest BCUT2D eigenvalue weighted by molar-refractivity contribution is 0.797. The number of hydrogen-bond acceptors (Lipinski definition) is 5. The van der Waals surface area contributed by atoms with Crippen LogP contribution in [0.4, 0.5) is 10.8 Å². The van der Waals surface area contributed by atoms with E-state index in [0.717, 1.165) is 36.4 Å². The van der Waals surface area contributed by atoms with Crippen molar-refractivity contribution in [3.05, 3.63) is 53.1 Å². The van der Waals surface area contributed by atoms with Gasteiger partial charge in [0.2, 0.25) is 0 Å². The second kappa shape index (κ2) is 8.71. The molecule has 1 aliphatic rings. The minimum absolute atomic E-state index is 0.658. The van der Waals surface area contributed by atoms with Crippen molar-refractivity contribution in [1.29, 1.82) is 0 Å². The van der Waals surface area contributed by atoms with E-state index in [1.54, 1.807) is 18.4 Å². The van der Waals surface area contributed by atoms with Crippen molar-refractivity contribution in [1.82, 2.24) is 15.6 Å². The van der Waals surface area contributed by atoms with E-state index in [1.165, 1.54) is 11.3 Å². The predicted octanol–water partition coefficient (Wildman–Crippen LogP) is 2.45. The van der Waals surface area contributed by atoms with E-state index in [9.17, 15) is 0 Å². The highest BCUT2D eigenvalue weighted by molar-refractivity contribution is 7.13. The molecule has 0 spiro atoms. The number of nitrogens with zero attached hydrogens (tertiary/aromatic N) is 4. The summed E-state index contributed by atoms with van der Waals surface area (Å²) in [4.78, 5) is 13.2. The van der Waals surface area contributed by atoms with Gasteiger partial charge in [0.1, 0.15) is 0 Å². The molecule has 0 unspecified atom stereocenters. The molecular weight excluding hydrogens is 344 g/mol. The Balaban J connectivity index is 1.47. The van der Waals surface area contributed by atoms with Crippen LogP contribution in [0.15, 0.2) is 46.8 Å². The first-order chi connectivity index (χ1) is 12.7. The summed E-state index contributed by atoms with van der Waals surface area (Å²) >= 11 is 1.64. The third-order valence-corrected chi connectivity index (χ3v) is 5.22. The molecule has 6 nitrogen and oxygen atoms in total. The van der Waals surface area contributed by atoms with Gasteiger partial charge in [0.15, 0.2) is 11.1 Å². The lowest BCUT2D eigenvalue weighted by Gasteiger charge is -2.18. The molecule has 26 heavy (non-hydrogen) atoms. The summed E-state index contributed by atoms with van der Waals surface area (Å²) in [6.45, 7) is 3.39. The predicted molar refractivity (Wildman–Crippen MR) is 111 cm³/mol. The number of nitrogens with one attached hydrogen (secondary N) is 2. The van der Waals surface area contributed by atoms with E-state index < -0.39 is 0 Å². The van der Waals surface area contributed by atoms with Gasteiger partial charge in [-0.2, -0.15) is 0 Å². The molecule has 1 aliphatic heterocycles. The Bertz CT molecular complexity index is 755. The van der Waals surface area contributed by atoms with Crippen LogP contribution in [0, 0.1) is 0 Å². The number of thiazole rings is 1. The van der Waals surface area contributed by atoms with Gasteiger partial charge in [-0.05, 0) is 17.7 Å².